The van der Waals surface area contributed by atoms with Crippen molar-refractivity contribution in [2.45, 2.75) is 6.42 Å². The van der Waals surface area contributed by atoms with Crippen molar-refractivity contribution in [2.24, 2.45) is 5.73 Å². The highest BCUT2D eigenvalue weighted by Gasteiger charge is 2.12. The van der Waals surface area contributed by atoms with Gasteiger partial charge in [0.15, 0.2) is 11.5 Å². The van der Waals surface area contributed by atoms with Crippen molar-refractivity contribution >= 4 is 23.4 Å². The minimum Gasteiger partial charge on any atom is -0.493 e. The topological polar surface area (TPSA) is 44.5 Å². The average Bonchev–Trinajstić information content (AvgIpc) is 2.31. The smallest absolute Gasteiger partial charge is 0.164 e. The minimum absolute atomic E-state index is 0.558. The van der Waals surface area contributed by atoms with Gasteiger partial charge in [0.1, 0.15) is 0 Å². The summed E-state index contributed by atoms with van der Waals surface area (Å²) in [6.45, 7) is 1.21. The second-order valence-corrected chi connectivity index (χ2v) is 4.90. The Morgan fingerprint density at radius 2 is 2.18 bits per heavy atom. The first-order valence-electron chi connectivity index (χ1n) is 5.41. The van der Waals surface area contributed by atoms with Gasteiger partial charge in [-0.05, 0) is 25.3 Å². The molecule has 0 spiro atoms. The second-order valence-electron chi connectivity index (χ2n) is 3.48. The summed E-state index contributed by atoms with van der Waals surface area (Å²) in [4.78, 5) is 0. The molecular weight excluding hydrogens is 258 g/mol. The molecule has 0 radical (unpaired) electrons. The van der Waals surface area contributed by atoms with E-state index in [1.54, 1.807) is 24.9 Å². The normalized spacial score (nSPS) is 10.4. The van der Waals surface area contributed by atoms with Gasteiger partial charge in [-0.25, -0.2) is 0 Å². The van der Waals surface area contributed by atoms with Crippen molar-refractivity contribution in [3.05, 3.63) is 22.7 Å². The SMILES string of the molecule is COc1cc(Cl)cc(CCN)c1OCCSC. The van der Waals surface area contributed by atoms with Crippen LogP contribution in [0, 0.1) is 0 Å². The van der Waals surface area contributed by atoms with Crippen LogP contribution in [0.25, 0.3) is 0 Å². The molecular formula is C12H18ClNO2S. The minimum atomic E-state index is 0.558. The molecule has 0 aliphatic heterocycles. The lowest BCUT2D eigenvalue weighted by Gasteiger charge is -2.15. The lowest BCUT2D eigenvalue weighted by atomic mass is 10.1. The standard InChI is InChI=1S/C12H18ClNO2S/c1-15-11-8-10(13)7-9(3-4-14)12(11)16-5-6-17-2/h7-8H,3-6,14H2,1-2H3. The van der Waals surface area contributed by atoms with E-state index in [-0.39, 0.29) is 0 Å². The maximum Gasteiger partial charge on any atom is 0.164 e. The summed E-state index contributed by atoms with van der Waals surface area (Å²) in [5.74, 6) is 2.37. The molecule has 2 N–H and O–H groups in total. The van der Waals surface area contributed by atoms with E-state index in [1.807, 2.05) is 12.3 Å². The van der Waals surface area contributed by atoms with E-state index >= 15 is 0 Å². The Morgan fingerprint density at radius 1 is 1.41 bits per heavy atom. The zero-order valence-electron chi connectivity index (χ0n) is 10.2. The summed E-state index contributed by atoms with van der Waals surface area (Å²) in [6.07, 6.45) is 2.77. The number of thioether (sulfide) groups is 1. The summed E-state index contributed by atoms with van der Waals surface area (Å²) in [7, 11) is 1.61. The van der Waals surface area contributed by atoms with Crippen LogP contribution in [0.1, 0.15) is 5.56 Å². The Hall–Kier alpha value is -0.580. The van der Waals surface area contributed by atoms with E-state index in [2.05, 4.69) is 0 Å². The molecule has 0 unspecified atom stereocenters. The maximum atomic E-state index is 6.02. The molecule has 0 bridgehead atoms. The molecule has 0 amide bonds. The van der Waals surface area contributed by atoms with E-state index in [9.17, 15) is 0 Å². The monoisotopic (exact) mass is 275 g/mol. The molecule has 0 saturated heterocycles. The summed E-state index contributed by atoms with van der Waals surface area (Å²) in [5, 5.41) is 0.641. The zero-order chi connectivity index (χ0) is 12.7. The van der Waals surface area contributed by atoms with Gasteiger partial charge in [0, 0.05) is 22.4 Å². The van der Waals surface area contributed by atoms with Crippen LogP contribution in [-0.2, 0) is 6.42 Å². The molecule has 1 aromatic rings. The average molecular weight is 276 g/mol. The lowest BCUT2D eigenvalue weighted by molar-refractivity contribution is 0.310. The predicted molar refractivity (Wildman–Crippen MR) is 74.6 cm³/mol. The molecule has 0 fully saturated rings. The van der Waals surface area contributed by atoms with Gasteiger partial charge in [0.25, 0.3) is 0 Å². The van der Waals surface area contributed by atoms with E-state index in [0.29, 0.717) is 23.9 Å². The molecule has 0 aromatic heterocycles. The van der Waals surface area contributed by atoms with Crippen LogP contribution in [0.3, 0.4) is 0 Å². The maximum absolute atomic E-state index is 6.02. The van der Waals surface area contributed by atoms with Crippen molar-refractivity contribution in [3.63, 3.8) is 0 Å². The van der Waals surface area contributed by atoms with Crippen LogP contribution < -0.4 is 15.2 Å². The van der Waals surface area contributed by atoms with Gasteiger partial charge in [0.05, 0.1) is 13.7 Å². The van der Waals surface area contributed by atoms with Crippen molar-refractivity contribution in [2.75, 3.05) is 32.3 Å². The van der Waals surface area contributed by atoms with Crippen LogP contribution in [0.15, 0.2) is 12.1 Å². The van der Waals surface area contributed by atoms with E-state index in [1.165, 1.54) is 0 Å². The molecule has 1 rings (SSSR count). The quantitative estimate of drug-likeness (QED) is 0.777. The van der Waals surface area contributed by atoms with Crippen LogP contribution >= 0.6 is 23.4 Å². The highest BCUT2D eigenvalue weighted by molar-refractivity contribution is 7.98. The fourth-order valence-corrected chi connectivity index (χ4v) is 1.99. The Balaban J connectivity index is 2.94. The predicted octanol–water partition coefficient (Wildman–Crippen LogP) is 2.59. The number of halogens is 1. The largest absolute Gasteiger partial charge is 0.493 e. The van der Waals surface area contributed by atoms with Crippen molar-refractivity contribution in [1.29, 1.82) is 0 Å². The third kappa shape index (κ3) is 4.30. The molecule has 0 atom stereocenters. The van der Waals surface area contributed by atoms with Gasteiger partial charge in [-0.15, -0.1) is 0 Å². The molecule has 5 heteroatoms. The molecule has 0 aliphatic carbocycles. The molecule has 96 valence electrons. The Labute approximate surface area is 112 Å². The second kappa shape index (κ2) is 7.69. The molecule has 0 aliphatic rings. The zero-order valence-corrected chi connectivity index (χ0v) is 11.7. The van der Waals surface area contributed by atoms with Crippen LogP contribution in [0.2, 0.25) is 5.02 Å². The molecule has 0 saturated carbocycles. The molecule has 3 nitrogen and oxygen atoms in total. The van der Waals surface area contributed by atoms with Gasteiger partial charge in [-0.1, -0.05) is 11.6 Å². The van der Waals surface area contributed by atoms with Gasteiger partial charge in [0.2, 0.25) is 0 Å². The fraction of sp³-hybridized carbons (Fsp3) is 0.500. The van der Waals surface area contributed by atoms with Crippen molar-refractivity contribution in [1.82, 2.24) is 0 Å². The van der Waals surface area contributed by atoms with Gasteiger partial charge in [-0.2, -0.15) is 11.8 Å². The number of ether oxygens (including phenoxy) is 2. The first-order chi connectivity index (χ1) is 8.22. The highest BCUT2D eigenvalue weighted by atomic mass is 35.5. The number of hydrogen-bond donors (Lipinski definition) is 1. The highest BCUT2D eigenvalue weighted by Crippen LogP contribution is 2.35. The summed E-state index contributed by atoms with van der Waals surface area (Å²) < 4.78 is 11.0. The van der Waals surface area contributed by atoms with E-state index in [4.69, 9.17) is 26.8 Å². The Morgan fingerprint density at radius 3 is 2.76 bits per heavy atom. The molecule has 1 aromatic carbocycles. The summed E-state index contributed by atoms with van der Waals surface area (Å²) in [6, 6.07) is 3.64. The Kier molecular flexibility index (Phi) is 6.55. The Bertz CT molecular complexity index is 361. The number of hydrogen-bond acceptors (Lipinski definition) is 4. The van der Waals surface area contributed by atoms with Crippen molar-refractivity contribution < 1.29 is 9.47 Å². The number of benzene rings is 1. The van der Waals surface area contributed by atoms with Crippen LogP contribution in [0.5, 0.6) is 11.5 Å². The number of methoxy groups -OCH3 is 1. The molecule has 17 heavy (non-hydrogen) atoms. The number of nitrogens with two attached hydrogens (primary N) is 1. The lowest BCUT2D eigenvalue weighted by Crippen LogP contribution is -2.08. The van der Waals surface area contributed by atoms with Gasteiger partial charge >= 0.3 is 0 Å². The van der Waals surface area contributed by atoms with Gasteiger partial charge in [-0.3, -0.25) is 0 Å². The van der Waals surface area contributed by atoms with Crippen LogP contribution in [0.4, 0.5) is 0 Å². The third-order valence-corrected chi connectivity index (χ3v) is 3.06. The fourth-order valence-electron chi connectivity index (χ4n) is 1.51. The van der Waals surface area contributed by atoms with Crippen molar-refractivity contribution in [3.8, 4) is 11.5 Å². The summed E-state index contributed by atoms with van der Waals surface area (Å²) in [5.41, 5.74) is 6.58. The molecule has 0 heterocycles. The van der Waals surface area contributed by atoms with Gasteiger partial charge < -0.3 is 15.2 Å². The number of rotatable bonds is 7. The summed E-state index contributed by atoms with van der Waals surface area (Å²) >= 11 is 7.76. The van der Waals surface area contributed by atoms with Crippen LogP contribution in [-0.4, -0.2) is 32.3 Å². The van der Waals surface area contributed by atoms with E-state index in [0.717, 1.165) is 23.5 Å². The third-order valence-electron chi connectivity index (χ3n) is 2.26. The van der Waals surface area contributed by atoms with E-state index < -0.39 is 0 Å². The first-order valence-corrected chi connectivity index (χ1v) is 7.18. The first kappa shape index (κ1) is 14.5.